The largest absolute Gasteiger partial charge is 0.497 e. The summed E-state index contributed by atoms with van der Waals surface area (Å²) in [5.41, 5.74) is 2.90. The van der Waals surface area contributed by atoms with Crippen molar-refractivity contribution in [3.05, 3.63) is 121 Å². The minimum Gasteiger partial charge on any atom is -0.497 e. The van der Waals surface area contributed by atoms with Crippen molar-refractivity contribution in [3.8, 4) is 40.1 Å². The molecule has 0 saturated heterocycles. The summed E-state index contributed by atoms with van der Waals surface area (Å²) in [5, 5.41) is 2.90. The highest BCUT2D eigenvalue weighted by Crippen LogP contribution is 2.25. The van der Waals surface area contributed by atoms with Gasteiger partial charge in [0, 0.05) is 29.2 Å². The fourth-order valence-electron chi connectivity index (χ4n) is 3.52. The molecular formula is C30H23N3O4. The van der Waals surface area contributed by atoms with Crippen molar-refractivity contribution >= 4 is 11.6 Å². The molecule has 1 heterocycles. The molecule has 5 aromatic rings. The molecule has 4 aromatic carbocycles. The van der Waals surface area contributed by atoms with Gasteiger partial charge in [-0.05, 0) is 78.4 Å². The first-order chi connectivity index (χ1) is 18.2. The zero-order valence-electron chi connectivity index (χ0n) is 20.0. The Balaban J connectivity index is 1.18. The van der Waals surface area contributed by atoms with Crippen LogP contribution in [0.15, 0.2) is 116 Å². The Morgan fingerprint density at radius 2 is 1.19 bits per heavy atom. The van der Waals surface area contributed by atoms with E-state index in [0.29, 0.717) is 22.7 Å². The van der Waals surface area contributed by atoms with Crippen LogP contribution < -0.4 is 19.5 Å². The molecule has 7 heteroatoms. The van der Waals surface area contributed by atoms with Crippen molar-refractivity contribution in [3.63, 3.8) is 0 Å². The number of ether oxygens (including phenoxy) is 3. The summed E-state index contributed by atoms with van der Waals surface area (Å²) in [4.78, 5) is 21.3. The first-order valence-corrected chi connectivity index (χ1v) is 11.5. The summed E-state index contributed by atoms with van der Waals surface area (Å²) in [6, 6.07) is 31.4. The fourth-order valence-corrected chi connectivity index (χ4v) is 3.52. The number of methoxy groups -OCH3 is 1. The molecule has 0 aliphatic carbocycles. The summed E-state index contributed by atoms with van der Waals surface area (Å²) in [6.45, 7) is 0. The third-order valence-corrected chi connectivity index (χ3v) is 5.47. The van der Waals surface area contributed by atoms with Gasteiger partial charge in [0.2, 0.25) is 0 Å². The van der Waals surface area contributed by atoms with Crippen molar-refractivity contribution in [2.45, 2.75) is 0 Å². The van der Waals surface area contributed by atoms with Crippen LogP contribution in [0, 0.1) is 0 Å². The van der Waals surface area contributed by atoms with Gasteiger partial charge in [0.05, 0.1) is 7.11 Å². The molecular weight excluding hydrogens is 466 g/mol. The monoisotopic (exact) mass is 489 g/mol. The zero-order valence-corrected chi connectivity index (χ0v) is 20.0. The molecule has 0 aliphatic heterocycles. The lowest BCUT2D eigenvalue weighted by atomic mass is 10.1. The van der Waals surface area contributed by atoms with Crippen molar-refractivity contribution in [2.75, 3.05) is 12.4 Å². The molecule has 1 aromatic heterocycles. The number of rotatable bonds is 8. The van der Waals surface area contributed by atoms with Gasteiger partial charge >= 0.3 is 6.01 Å². The molecule has 37 heavy (non-hydrogen) atoms. The first kappa shape index (κ1) is 23.6. The van der Waals surface area contributed by atoms with Gasteiger partial charge in [0.1, 0.15) is 23.0 Å². The van der Waals surface area contributed by atoms with Gasteiger partial charge in [-0.1, -0.05) is 30.3 Å². The summed E-state index contributed by atoms with van der Waals surface area (Å²) in [6.07, 6.45) is 3.36. The van der Waals surface area contributed by atoms with Gasteiger partial charge in [-0.25, -0.2) is 9.97 Å². The topological polar surface area (TPSA) is 82.6 Å². The lowest BCUT2D eigenvalue weighted by Crippen LogP contribution is -2.11. The zero-order chi connectivity index (χ0) is 25.5. The van der Waals surface area contributed by atoms with E-state index in [1.165, 1.54) is 0 Å². The van der Waals surface area contributed by atoms with E-state index in [9.17, 15) is 4.79 Å². The predicted molar refractivity (Wildman–Crippen MR) is 141 cm³/mol. The Kier molecular flexibility index (Phi) is 7.04. The SMILES string of the molecule is COc1ccc(Oc2ncc(-c3ccc(C(=O)Nc4ccc(Oc5ccccc5)cc4)cc3)cn2)cc1. The standard InChI is InChI=1S/C30H23N3O4/c1-35-25-15-17-28(18-16-25)37-30-31-19-23(20-32-30)21-7-9-22(10-8-21)29(34)33-24-11-13-27(14-12-24)36-26-5-3-2-4-6-26/h2-20H,1H3,(H,33,34). The van der Waals surface area contributed by atoms with E-state index in [1.807, 2.05) is 54.6 Å². The fraction of sp³-hybridized carbons (Fsp3) is 0.0333. The van der Waals surface area contributed by atoms with Crippen molar-refractivity contribution in [1.82, 2.24) is 9.97 Å². The predicted octanol–water partition coefficient (Wildman–Crippen LogP) is 6.99. The highest BCUT2D eigenvalue weighted by atomic mass is 16.5. The van der Waals surface area contributed by atoms with E-state index in [0.717, 1.165) is 22.6 Å². The number of carbonyl (C=O) groups excluding carboxylic acids is 1. The number of hydrogen-bond donors (Lipinski definition) is 1. The average Bonchev–Trinajstić information content (AvgIpc) is 2.95. The average molecular weight is 490 g/mol. The van der Waals surface area contributed by atoms with Gasteiger partial charge < -0.3 is 19.5 Å². The number of aromatic nitrogens is 2. The number of amides is 1. The van der Waals surface area contributed by atoms with E-state index < -0.39 is 0 Å². The molecule has 7 nitrogen and oxygen atoms in total. The second-order valence-electron chi connectivity index (χ2n) is 8.00. The van der Waals surface area contributed by atoms with Gasteiger partial charge in [-0.2, -0.15) is 0 Å². The van der Waals surface area contributed by atoms with Gasteiger partial charge in [0.15, 0.2) is 0 Å². The second-order valence-corrected chi connectivity index (χ2v) is 8.00. The lowest BCUT2D eigenvalue weighted by molar-refractivity contribution is 0.102. The third-order valence-electron chi connectivity index (χ3n) is 5.47. The Labute approximate surface area is 214 Å². The molecule has 0 unspecified atom stereocenters. The Morgan fingerprint density at radius 1 is 0.622 bits per heavy atom. The summed E-state index contributed by atoms with van der Waals surface area (Å²) < 4.78 is 16.6. The van der Waals surface area contributed by atoms with Crippen molar-refractivity contribution < 1.29 is 19.0 Å². The molecule has 0 saturated carbocycles. The molecule has 1 N–H and O–H groups in total. The van der Waals surface area contributed by atoms with E-state index in [-0.39, 0.29) is 11.9 Å². The Morgan fingerprint density at radius 3 is 1.84 bits per heavy atom. The number of benzene rings is 4. The normalized spacial score (nSPS) is 10.4. The first-order valence-electron chi connectivity index (χ1n) is 11.5. The van der Waals surface area contributed by atoms with Crippen LogP contribution >= 0.6 is 0 Å². The molecule has 182 valence electrons. The highest BCUT2D eigenvalue weighted by Gasteiger charge is 2.09. The highest BCUT2D eigenvalue weighted by molar-refractivity contribution is 6.04. The smallest absolute Gasteiger partial charge is 0.321 e. The maximum absolute atomic E-state index is 12.7. The summed E-state index contributed by atoms with van der Waals surface area (Å²) in [7, 11) is 1.61. The van der Waals surface area contributed by atoms with Gasteiger partial charge in [-0.15, -0.1) is 0 Å². The molecule has 0 aliphatic rings. The quantitative estimate of drug-likeness (QED) is 0.253. The van der Waals surface area contributed by atoms with Crippen molar-refractivity contribution in [2.24, 2.45) is 0 Å². The van der Waals surface area contributed by atoms with Crippen LogP contribution in [0.2, 0.25) is 0 Å². The minimum absolute atomic E-state index is 0.206. The molecule has 0 fully saturated rings. The number of para-hydroxylation sites is 1. The molecule has 1 amide bonds. The molecule has 0 spiro atoms. The summed E-state index contributed by atoms with van der Waals surface area (Å²) in [5.74, 6) is 2.59. The number of hydrogen-bond acceptors (Lipinski definition) is 6. The van der Waals surface area contributed by atoms with Crippen LogP contribution in [0.1, 0.15) is 10.4 Å². The number of nitrogens with zero attached hydrogens (tertiary/aromatic N) is 2. The molecule has 5 rings (SSSR count). The third kappa shape index (κ3) is 6.10. The van der Waals surface area contributed by atoms with Crippen LogP contribution in [-0.4, -0.2) is 23.0 Å². The molecule has 0 atom stereocenters. The number of carbonyl (C=O) groups is 1. The Bertz CT molecular complexity index is 1450. The van der Waals surface area contributed by atoms with Crippen LogP contribution in [0.4, 0.5) is 5.69 Å². The minimum atomic E-state index is -0.206. The summed E-state index contributed by atoms with van der Waals surface area (Å²) >= 11 is 0. The van der Waals surface area contributed by atoms with Crippen LogP contribution in [-0.2, 0) is 0 Å². The van der Waals surface area contributed by atoms with Crippen molar-refractivity contribution in [1.29, 1.82) is 0 Å². The van der Waals surface area contributed by atoms with Crippen LogP contribution in [0.25, 0.3) is 11.1 Å². The second kappa shape index (κ2) is 11.0. The lowest BCUT2D eigenvalue weighted by Gasteiger charge is -2.09. The number of anilines is 1. The van der Waals surface area contributed by atoms with E-state index in [4.69, 9.17) is 14.2 Å². The van der Waals surface area contributed by atoms with E-state index >= 15 is 0 Å². The van der Waals surface area contributed by atoms with Crippen LogP contribution in [0.5, 0.6) is 29.0 Å². The van der Waals surface area contributed by atoms with Gasteiger partial charge in [-0.3, -0.25) is 4.79 Å². The molecule has 0 bridgehead atoms. The van der Waals surface area contributed by atoms with Gasteiger partial charge in [0.25, 0.3) is 5.91 Å². The van der Waals surface area contributed by atoms with E-state index in [1.54, 1.807) is 68.0 Å². The maximum atomic E-state index is 12.7. The van der Waals surface area contributed by atoms with E-state index in [2.05, 4.69) is 15.3 Å². The molecule has 0 radical (unpaired) electrons. The number of nitrogens with one attached hydrogen (secondary N) is 1. The maximum Gasteiger partial charge on any atom is 0.321 e. The van der Waals surface area contributed by atoms with Crippen LogP contribution in [0.3, 0.4) is 0 Å². The Hall–Kier alpha value is -5.17.